The number of hydrogen-bond donors (Lipinski definition) is 20. The number of carbonyl (C=O) groups excluding carboxylic acids is 15. The fourth-order valence-electron chi connectivity index (χ4n) is 14.9. The number of carboxylic acid groups (broad SMARTS) is 2. The van der Waals surface area contributed by atoms with Crippen LogP contribution in [0.3, 0.4) is 0 Å². The molecule has 4 fully saturated rings. The summed E-state index contributed by atoms with van der Waals surface area (Å²) < 4.78 is 0. The summed E-state index contributed by atoms with van der Waals surface area (Å²) in [4.78, 5) is 264. The highest BCUT2D eigenvalue weighted by molar-refractivity contribution is 8.76. The van der Waals surface area contributed by atoms with E-state index in [2.05, 4.69) is 94.4 Å². The third-order valence-electron chi connectivity index (χ3n) is 21.5. The molecule has 0 aliphatic carbocycles. The van der Waals surface area contributed by atoms with Crippen LogP contribution in [-0.4, -0.2) is 281 Å². The van der Waals surface area contributed by atoms with Gasteiger partial charge in [-0.15, -0.1) is 0 Å². The van der Waals surface area contributed by atoms with Crippen molar-refractivity contribution < 1.29 is 96.8 Å². The summed E-state index contributed by atoms with van der Waals surface area (Å²) in [6, 6.07) is -9.37. The number of amides is 15. The molecule has 40 nitrogen and oxygen atoms in total. The van der Waals surface area contributed by atoms with Crippen LogP contribution in [0.4, 0.5) is 0 Å². The number of likely N-dealkylation sites (N-methyl/N-ethyl adjacent to an activating group) is 1. The van der Waals surface area contributed by atoms with Crippen molar-refractivity contribution >= 4 is 144 Å². The minimum Gasteiger partial charge on any atom is -0.481 e. The van der Waals surface area contributed by atoms with E-state index in [1.54, 1.807) is 110 Å². The summed E-state index contributed by atoms with van der Waals surface area (Å²) >= 11 is 0. The molecule has 5 aromatic rings. The maximum atomic E-state index is 15.5. The lowest BCUT2D eigenvalue weighted by atomic mass is 9.98. The topological polar surface area (TPSA) is 586 Å². The summed E-state index contributed by atoms with van der Waals surface area (Å²) in [6.45, 7) is 11.4. The molecule has 662 valence electrons. The number of imidazole rings is 1. The molecular weight excluding hydrogens is 1630 g/mol. The normalized spacial score (nSPS) is 26.9. The Balaban J connectivity index is 1.14. The van der Waals surface area contributed by atoms with E-state index in [0.29, 0.717) is 38.6 Å². The zero-order valence-corrected chi connectivity index (χ0v) is 70.8. The van der Waals surface area contributed by atoms with Crippen LogP contribution >= 0.6 is 21.6 Å². The number of aromatic nitrogens is 4. The van der Waals surface area contributed by atoms with Crippen LogP contribution in [0, 0.1) is 17.8 Å². The lowest BCUT2D eigenvalue weighted by molar-refractivity contribution is -0.149. The van der Waals surface area contributed by atoms with Gasteiger partial charge in [-0.25, -0.2) is 4.98 Å². The summed E-state index contributed by atoms with van der Waals surface area (Å²) in [5, 5.41) is 69.8. The molecule has 7 heterocycles. The number of aliphatic hydroxyl groups is 1. The predicted octanol–water partition coefficient (Wildman–Crippen LogP) is -2.59. The van der Waals surface area contributed by atoms with Crippen molar-refractivity contribution in [2.24, 2.45) is 17.8 Å². The van der Waals surface area contributed by atoms with Gasteiger partial charge < -0.3 is 115 Å². The fourth-order valence-corrected chi connectivity index (χ4v) is 17.3. The first-order valence-electron chi connectivity index (χ1n) is 40.6. The third-order valence-corrected chi connectivity index (χ3v) is 23.9. The Kier molecular flexibility index (Phi) is 33.8. The molecule has 42 heteroatoms. The molecule has 3 aromatic heterocycles. The van der Waals surface area contributed by atoms with Crippen LogP contribution in [0.15, 0.2) is 73.4 Å². The molecule has 15 amide bonds. The van der Waals surface area contributed by atoms with Crippen molar-refractivity contribution in [3.8, 4) is 0 Å². The molecule has 20 N–H and O–H groups in total. The van der Waals surface area contributed by atoms with Gasteiger partial charge in [0.15, 0.2) is 0 Å². The molecule has 0 unspecified atom stereocenters. The molecule has 2 bridgehead atoms. The van der Waals surface area contributed by atoms with Gasteiger partial charge in [0.1, 0.15) is 84.6 Å². The summed E-state index contributed by atoms with van der Waals surface area (Å²) in [5.41, 5.74) is 2.50. The lowest BCUT2D eigenvalue weighted by Gasteiger charge is -2.34. The minimum atomic E-state index is -1.97. The number of nitrogens with zero attached hydrogens (tertiary/aromatic N) is 3. The second kappa shape index (κ2) is 43.7. The van der Waals surface area contributed by atoms with E-state index >= 15 is 33.6 Å². The third kappa shape index (κ3) is 25.7. The van der Waals surface area contributed by atoms with E-state index in [1.807, 2.05) is 0 Å². The van der Waals surface area contributed by atoms with Crippen LogP contribution < -0.4 is 74.4 Å². The molecular formula is C80H110N20O20S2. The average molecular weight is 1740 g/mol. The number of rotatable bonds is 18. The second-order valence-electron chi connectivity index (χ2n) is 32.2. The van der Waals surface area contributed by atoms with Crippen molar-refractivity contribution in [2.75, 3.05) is 38.2 Å². The average Bonchev–Trinajstić information content (AvgIpc) is 1.63. The standard InChI is InChI=1S/C80H110N20O20S2/c1-38(2)23-52-68(108)85-33-62(102)88-51(20-21-63(103)104)69(109)91-53(24-39(3)4)74(114)97-65(40(5)6)78(118)94-55(26-44-31-84-50-18-13-11-16-48(44)50)71(111)96-59-36-122-121-35-58(75(115)87-41(7)67(107)89-54(25-43-30-83-49-17-12-10-15-47(43)49)70(110)92-56(72(112)90-52)27-45-32-82-37-86-45)95-73(113)57(29-64(105)106)93-77(117)61-28-46(81-9)34-100(61)79(119)60-19-14-22-99(60)80(120)66(42(8)101)98-76(59)116/h10-13,15-18,30-32,37-42,46,51-61,65-66,81,83-84,101H,14,19-29,33-36H2,1-9H3,(H,82,86)(H,85,108)(H,87,115)(H,88,102)(H,89,107)(H,90,112)(H,91,109)(H,92,110)(H,93,117)(H,94,118)(H,95,113)(H,96,111)(H,97,114)(H,98,116)(H,103,104)(H,105,106)/t41-,42+,46-,51-,52-,53-,54-,55-,56-,57-,58-,59-,60+,61-,65-,66-/m0/s1. The molecule has 4 aliphatic heterocycles. The van der Waals surface area contributed by atoms with Crippen molar-refractivity contribution in [1.29, 1.82) is 0 Å². The fraction of sp³-hybridized carbons (Fsp3) is 0.550. The van der Waals surface area contributed by atoms with Gasteiger partial charge in [-0.2, -0.15) is 0 Å². The molecule has 0 radical (unpaired) electrons. The van der Waals surface area contributed by atoms with Gasteiger partial charge in [0.05, 0.1) is 25.4 Å². The van der Waals surface area contributed by atoms with E-state index in [9.17, 15) is 63.3 Å². The minimum absolute atomic E-state index is 0.0365. The van der Waals surface area contributed by atoms with E-state index in [0.717, 1.165) is 26.5 Å². The van der Waals surface area contributed by atoms with Crippen LogP contribution in [0.25, 0.3) is 21.8 Å². The van der Waals surface area contributed by atoms with E-state index in [-0.39, 0.29) is 76.3 Å². The highest BCUT2D eigenvalue weighted by atomic mass is 33.1. The van der Waals surface area contributed by atoms with Crippen LogP contribution in [0.5, 0.6) is 0 Å². The Morgan fingerprint density at radius 3 is 1.56 bits per heavy atom. The summed E-state index contributed by atoms with van der Waals surface area (Å²) in [6.07, 6.45) is 0.940. The van der Waals surface area contributed by atoms with Crippen molar-refractivity contribution in [3.63, 3.8) is 0 Å². The number of H-pyrrole nitrogens is 3. The number of hydrogen-bond acceptors (Lipinski definition) is 22. The lowest BCUT2D eigenvalue weighted by Crippen LogP contribution is -2.63. The van der Waals surface area contributed by atoms with Gasteiger partial charge >= 0.3 is 11.9 Å². The Morgan fingerprint density at radius 1 is 0.516 bits per heavy atom. The smallest absolute Gasteiger partial charge is 0.305 e. The van der Waals surface area contributed by atoms with Gasteiger partial charge in [-0.3, -0.25) is 81.5 Å². The SMILES string of the molecule is CN[C@H]1C[C@H]2C(=O)N[C@@H](CC(=O)O)C(=O)N[C@H]3CSSC[C@H](NC(=O)[C@H](Cc4c[nH]c5ccccc45)NC(=O)[C@H](C(C)C)NC(=O)[C@H](CC(C)C)NC(=O)[C@H](CCC(=O)O)NC(=O)CNC(=O)[C@H](CC(C)C)NC(=O)[C@H](Cc4cnc[nH]4)NC(=O)[C@H](Cc4c[nH]c5ccccc45)NC(=O)[C@H](C)NC3=O)C(=O)N[C@@H]([C@@H](C)O)C(=O)N3CCC[C@@H]3C(=O)N2C1. The highest BCUT2D eigenvalue weighted by Gasteiger charge is 2.48. The van der Waals surface area contributed by atoms with Crippen LogP contribution in [0.2, 0.25) is 0 Å². The first-order valence-corrected chi connectivity index (χ1v) is 43.1. The molecule has 0 spiro atoms. The van der Waals surface area contributed by atoms with E-state index in [4.69, 9.17) is 0 Å². The first-order chi connectivity index (χ1) is 58.0. The molecule has 16 atom stereocenters. The maximum absolute atomic E-state index is 15.5. The Hall–Kier alpha value is -11.7. The monoisotopic (exact) mass is 1730 g/mol. The number of aliphatic hydroxyl groups excluding tert-OH is 1. The molecule has 4 aliphatic rings. The first kappa shape index (κ1) is 94.2. The molecule has 0 saturated carbocycles. The molecule has 4 saturated heterocycles. The Morgan fingerprint density at radius 2 is 1.02 bits per heavy atom. The number of para-hydroxylation sites is 2. The Labute approximate surface area is 710 Å². The van der Waals surface area contributed by atoms with Gasteiger partial charge in [-0.1, -0.05) is 99.5 Å². The zero-order valence-electron chi connectivity index (χ0n) is 69.2. The molecule has 2 aromatic carbocycles. The molecule has 9 rings (SSSR count). The summed E-state index contributed by atoms with van der Waals surface area (Å²) in [7, 11) is 3.14. The van der Waals surface area contributed by atoms with E-state index in [1.165, 1.54) is 31.3 Å². The zero-order chi connectivity index (χ0) is 88.9. The maximum Gasteiger partial charge on any atom is 0.305 e. The van der Waals surface area contributed by atoms with Gasteiger partial charge in [-0.05, 0) is 100 Å². The number of carboxylic acids is 2. The van der Waals surface area contributed by atoms with Crippen molar-refractivity contribution in [3.05, 3.63) is 90.3 Å². The highest BCUT2D eigenvalue weighted by Crippen LogP contribution is 2.30. The summed E-state index contributed by atoms with van der Waals surface area (Å²) in [5.74, 6) is -20.6. The number of carbonyl (C=O) groups is 17. The van der Waals surface area contributed by atoms with Gasteiger partial charge in [0.25, 0.3) is 0 Å². The van der Waals surface area contributed by atoms with Gasteiger partial charge in [0.2, 0.25) is 88.6 Å². The quantitative estimate of drug-likeness (QED) is 0.0400. The largest absolute Gasteiger partial charge is 0.481 e. The second-order valence-corrected chi connectivity index (χ2v) is 34.8. The number of fused-ring (bicyclic) bond motifs is 9. The van der Waals surface area contributed by atoms with Crippen LogP contribution in [0.1, 0.15) is 124 Å². The Bertz CT molecular complexity index is 4650. The van der Waals surface area contributed by atoms with Crippen LogP contribution in [-0.2, 0) is 101 Å². The van der Waals surface area contributed by atoms with E-state index < -0.39 is 241 Å². The van der Waals surface area contributed by atoms with Crippen molar-refractivity contribution in [2.45, 2.75) is 223 Å². The van der Waals surface area contributed by atoms with Crippen molar-refractivity contribution in [1.82, 2.24) is 104 Å². The number of benzene rings is 2. The predicted molar refractivity (Wildman–Crippen MR) is 445 cm³/mol. The molecule has 122 heavy (non-hydrogen) atoms. The number of aliphatic carboxylic acids is 2. The number of aromatic amines is 3. The van der Waals surface area contributed by atoms with Gasteiger partial charge in [0, 0.05) is 102 Å². The number of nitrogens with one attached hydrogen (secondary N) is 17.